The molecular weight excluding hydrogens is 917 g/mol. The average molecular weight is 967 g/mol. The zero-order valence-electron chi connectivity index (χ0n) is 41.8. The number of hydrogen-bond donors (Lipinski definition) is 0. The topological polar surface area (TPSA) is 8.17 Å². The number of fused-ring (bicyclic) bond motifs is 5. The second kappa shape index (κ2) is 19.1. The van der Waals surface area contributed by atoms with Gasteiger partial charge in [0.2, 0.25) is 0 Å². The molecule has 0 unspecified atom stereocenters. The van der Waals surface area contributed by atoms with E-state index in [1.807, 2.05) is 0 Å². The van der Waals surface area contributed by atoms with Gasteiger partial charge in [-0.15, -0.1) is 0 Å². The fraction of sp³-hybridized carbons (Fsp3) is 0. The van der Waals surface area contributed by atoms with Gasteiger partial charge in [-0.25, -0.2) is 0 Å². The lowest BCUT2D eigenvalue weighted by atomic mass is 9.93. The van der Waals surface area contributed by atoms with Crippen molar-refractivity contribution in [2.45, 2.75) is 0 Å². The van der Waals surface area contributed by atoms with Crippen LogP contribution in [0.25, 0.3) is 116 Å². The number of aromatic nitrogens is 1. The quantitative estimate of drug-likeness (QED) is 0.133. The molecule has 14 aromatic rings. The molecule has 0 atom stereocenters. The van der Waals surface area contributed by atoms with Crippen LogP contribution >= 0.6 is 0 Å². The van der Waals surface area contributed by atoms with Gasteiger partial charge in [0.1, 0.15) is 0 Å². The van der Waals surface area contributed by atoms with Crippen LogP contribution in [0, 0.1) is 0 Å². The van der Waals surface area contributed by atoms with Crippen LogP contribution in [0.1, 0.15) is 0 Å². The largest absolute Gasteiger partial charge is 0.311 e. The summed E-state index contributed by atoms with van der Waals surface area (Å²) in [6.07, 6.45) is 0. The number of rotatable bonds is 10. The average Bonchev–Trinajstić information content (AvgIpc) is 3.88. The zero-order chi connectivity index (χ0) is 50.4. The fourth-order valence-electron chi connectivity index (χ4n) is 11.4. The molecule has 0 saturated carbocycles. The van der Waals surface area contributed by atoms with Crippen LogP contribution in [0.15, 0.2) is 303 Å². The Balaban J connectivity index is 0.838. The van der Waals surface area contributed by atoms with Crippen molar-refractivity contribution in [1.29, 1.82) is 0 Å². The minimum Gasteiger partial charge on any atom is -0.311 e. The molecule has 2 heteroatoms. The van der Waals surface area contributed by atoms with Crippen LogP contribution in [0.2, 0.25) is 0 Å². The maximum absolute atomic E-state index is 2.47. The first-order chi connectivity index (χ1) is 37.7. The Morgan fingerprint density at radius 1 is 0.211 bits per heavy atom. The molecule has 0 bridgehead atoms. The first-order valence-corrected chi connectivity index (χ1v) is 26.1. The first kappa shape index (κ1) is 44.7. The van der Waals surface area contributed by atoms with Crippen LogP contribution in [-0.2, 0) is 0 Å². The van der Waals surface area contributed by atoms with Gasteiger partial charge < -0.3 is 9.47 Å². The van der Waals surface area contributed by atoms with Gasteiger partial charge in [-0.2, -0.15) is 0 Å². The van der Waals surface area contributed by atoms with Crippen molar-refractivity contribution in [3.63, 3.8) is 0 Å². The van der Waals surface area contributed by atoms with Gasteiger partial charge in [-0.1, -0.05) is 218 Å². The van der Waals surface area contributed by atoms with E-state index in [1.54, 1.807) is 0 Å². The molecule has 76 heavy (non-hydrogen) atoms. The summed E-state index contributed by atoms with van der Waals surface area (Å²) in [5.74, 6) is 0. The molecular formula is C74H50N2. The van der Waals surface area contributed by atoms with E-state index < -0.39 is 0 Å². The number of nitrogens with zero attached hydrogens (tertiary/aromatic N) is 2. The molecule has 0 amide bonds. The molecule has 13 aromatic carbocycles. The second-order valence-electron chi connectivity index (χ2n) is 19.7. The van der Waals surface area contributed by atoms with E-state index in [1.165, 1.54) is 105 Å². The smallest absolute Gasteiger partial charge is 0.0541 e. The standard InChI is InChI=1S/C74H50N2/c1-3-17-51(18-4-1)57-23-15-24-58(45-57)53-35-40-64(41-36-53)75(63-25-5-2-6-26-63)65-42-37-55(38-43-65)68-28-11-12-29-69(68)60-39-44-74-72(50-60)71-30-13-14-32-73(71)76(74)66-48-61(59-34-33-52-19-7-8-21-56(52)46-59)47-62(49-66)70-31-16-22-54-20-9-10-27-67(54)70/h1-50H. The van der Waals surface area contributed by atoms with Crippen LogP contribution in [0.4, 0.5) is 17.1 Å². The summed E-state index contributed by atoms with van der Waals surface area (Å²) in [5.41, 5.74) is 21.1. The third-order valence-corrected chi connectivity index (χ3v) is 15.1. The van der Waals surface area contributed by atoms with Crippen molar-refractivity contribution in [2.24, 2.45) is 0 Å². The molecule has 1 heterocycles. The summed E-state index contributed by atoms with van der Waals surface area (Å²) in [6.45, 7) is 0. The highest BCUT2D eigenvalue weighted by Crippen LogP contribution is 2.43. The highest BCUT2D eigenvalue weighted by atomic mass is 15.1. The van der Waals surface area contributed by atoms with Gasteiger partial charge in [0.15, 0.2) is 0 Å². The zero-order valence-corrected chi connectivity index (χ0v) is 41.8. The normalized spacial score (nSPS) is 11.4. The Morgan fingerprint density at radius 2 is 0.684 bits per heavy atom. The molecule has 356 valence electrons. The van der Waals surface area contributed by atoms with E-state index in [0.29, 0.717) is 0 Å². The third-order valence-electron chi connectivity index (χ3n) is 15.1. The summed E-state index contributed by atoms with van der Waals surface area (Å²) < 4.78 is 2.47. The van der Waals surface area contributed by atoms with E-state index in [4.69, 9.17) is 0 Å². The van der Waals surface area contributed by atoms with Gasteiger partial charge >= 0.3 is 0 Å². The summed E-state index contributed by atoms with van der Waals surface area (Å²) in [6, 6.07) is 111. The summed E-state index contributed by atoms with van der Waals surface area (Å²) in [4.78, 5) is 2.34. The lowest BCUT2D eigenvalue weighted by molar-refractivity contribution is 1.18. The van der Waals surface area contributed by atoms with Gasteiger partial charge in [-0.3, -0.25) is 0 Å². The third kappa shape index (κ3) is 8.19. The summed E-state index contributed by atoms with van der Waals surface area (Å²) in [5, 5.41) is 7.38. The molecule has 0 spiro atoms. The fourth-order valence-corrected chi connectivity index (χ4v) is 11.4. The molecule has 0 saturated heterocycles. The number of para-hydroxylation sites is 2. The SMILES string of the molecule is c1ccc(-c2cccc(-c3ccc(N(c4ccccc4)c4ccc(-c5ccccc5-c5ccc6c(c5)c5ccccc5n6-c5cc(-c6ccc7ccccc7c6)cc(-c6cccc7ccccc67)c5)cc4)cc3)c2)cc1. The molecule has 0 aliphatic carbocycles. The Morgan fingerprint density at radius 3 is 1.45 bits per heavy atom. The Bertz CT molecular complexity index is 4430. The molecule has 0 aliphatic rings. The Labute approximate surface area is 443 Å². The second-order valence-corrected chi connectivity index (χ2v) is 19.7. The van der Waals surface area contributed by atoms with Crippen LogP contribution in [-0.4, -0.2) is 4.57 Å². The van der Waals surface area contributed by atoms with E-state index in [2.05, 4.69) is 313 Å². The molecule has 0 radical (unpaired) electrons. The van der Waals surface area contributed by atoms with Crippen molar-refractivity contribution >= 4 is 60.4 Å². The highest BCUT2D eigenvalue weighted by molar-refractivity contribution is 6.11. The Hall–Kier alpha value is -10.0. The molecule has 0 fully saturated rings. The van der Waals surface area contributed by atoms with Gasteiger partial charge in [0.25, 0.3) is 0 Å². The van der Waals surface area contributed by atoms with E-state index in [0.717, 1.165) is 28.3 Å². The van der Waals surface area contributed by atoms with Crippen LogP contribution in [0.5, 0.6) is 0 Å². The Kier molecular flexibility index (Phi) is 11.2. The minimum absolute atomic E-state index is 1.09. The molecule has 0 aliphatic heterocycles. The van der Waals surface area contributed by atoms with Crippen LogP contribution in [0.3, 0.4) is 0 Å². The van der Waals surface area contributed by atoms with Gasteiger partial charge in [-0.05, 0) is 173 Å². The lowest BCUT2D eigenvalue weighted by Gasteiger charge is -2.26. The lowest BCUT2D eigenvalue weighted by Crippen LogP contribution is -2.09. The van der Waals surface area contributed by atoms with Crippen molar-refractivity contribution in [3.8, 4) is 72.4 Å². The van der Waals surface area contributed by atoms with Crippen molar-refractivity contribution < 1.29 is 0 Å². The number of benzene rings is 13. The molecule has 0 N–H and O–H groups in total. The predicted molar refractivity (Wildman–Crippen MR) is 323 cm³/mol. The van der Waals surface area contributed by atoms with Gasteiger partial charge in [0.05, 0.1) is 11.0 Å². The van der Waals surface area contributed by atoms with Crippen molar-refractivity contribution in [2.75, 3.05) is 4.90 Å². The number of hydrogen-bond acceptors (Lipinski definition) is 1. The monoisotopic (exact) mass is 966 g/mol. The maximum atomic E-state index is 2.47. The van der Waals surface area contributed by atoms with Crippen molar-refractivity contribution in [3.05, 3.63) is 303 Å². The van der Waals surface area contributed by atoms with E-state index in [9.17, 15) is 0 Å². The first-order valence-electron chi connectivity index (χ1n) is 26.1. The number of anilines is 3. The summed E-state index contributed by atoms with van der Waals surface area (Å²) >= 11 is 0. The van der Waals surface area contributed by atoms with Gasteiger partial charge in [0, 0.05) is 33.5 Å². The summed E-state index contributed by atoms with van der Waals surface area (Å²) in [7, 11) is 0. The maximum Gasteiger partial charge on any atom is 0.0541 e. The minimum atomic E-state index is 1.09. The highest BCUT2D eigenvalue weighted by Gasteiger charge is 2.19. The van der Waals surface area contributed by atoms with E-state index >= 15 is 0 Å². The van der Waals surface area contributed by atoms with E-state index in [-0.39, 0.29) is 0 Å². The molecule has 1 aromatic heterocycles. The molecule has 14 rings (SSSR count). The van der Waals surface area contributed by atoms with Crippen molar-refractivity contribution in [1.82, 2.24) is 4.57 Å². The predicted octanol–water partition coefficient (Wildman–Crippen LogP) is 20.6. The molecule has 2 nitrogen and oxygen atoms in total. The van der Waals surface area contributed by atoms with Crippen LogP contribution < -0.4 is 4.90 Å².